The summed E-state index contributed by atoms with van der Waals surface area (Å²) in [6.07, 6.45) is 3.26. The zero-order valence-corrected chi connectivity index (χ0v) is 10.6. The first-order chi connectivity index (χ1) is 9.81. The maximum absolute atomic E-state index is 5.89. The van der Waals surface area contributed by atoms with Crippen molar-refractivity contribution in [3.05, 3.63) is 54.9 Å². The van der Waals surface area contributed by atoms with Crippen LogP contribution in [0.1, 0.15) is 0 Å². The molecule has 0 aliphatic carbocycles. The van der Waals surface area contributed by atoms with Gasteiger partial charge in [-0.25, -0.2) is 0 Å². The van der Waals surface area contributed by atoms with Crippen LogP contribution in [-0.2, 0) is 0 Å². The smallest absolute Gasteiger partial charge is 0.133 e. The van der Waals surface area contributed by atoms with Gasteiger partial charge >= 0.3 is 0 Å². The molecule has 4 rings (SSSR count). The van der Waals surface area contributed by atoms with Gasteiger partial charge in [-0.2, -0.15) is 10.2 Å². The molecule has 2 N–H and O–H groups in total. The highest BCUT2D eigenvalue weighted by Crippen LogP contribution is 2.28. The normalized spacial score (nSPS) is 11.2. The summed E-state index contributed by atoms with van der Waals surface area (Å²) >= 11 is 0. The van der Waals surface area contributed by atoms with Crippen molar-refractivity contribution in [2.45, 2.75) is 0 Å². The lowest BCUT2D eigenvalue weighted by Gasteiger charge is -2.05. The zero-order valence-electron chi connectivity index (χ0n) is 10.6. The molecule has 0 saturated heterocycles. The van der Waals surface area contributed by atoms with Crippen LogP contribution in [0.15, 0.2) is 59.3 Å². The maximum atomic E-state index is 5.89. The average molecular weight is 261 g/mol. The molecular weight excluding hydrogens is 250 g/mol. The third-order valence-corrected chi connectivity index (χ3v) is 3.46. The number of rotatable bonds is 1. The van der Waals surface area contributed by atoms with Crippen LogP contribution >= 0.6 is 0 Å². The number of nitrogens with zero attached hydrogens (tertiary/aromatic N) is 2. The molecule has 2 aromatic carbocycles. The van der Waals surface area contributed by atoms with E-state index in [9.17, 15) is 0 Å². The second kappa shape index (κ2) is 4.06. The Balaban J connectivity index is 1.92. The predicted molar refractivity (Wildman–Crippen MR) is 79.2 cm³/mol. The summed E-state index contributed by atoms with van der Waals surface area (Å²) in [5.41, 5.74) is 10.4. The van der Waals surface area contributed by atoms with Crippen molar-refractivity contribution in [1.82, 2.24) is 10.2 Å². The molecule has 4 heteroatoms. The number of fused-ring (bicyclic) bond motifs is 2. The molecule has 0 spiro atoms. The van der Waals surface area contributed by atoms with Gasteiger partial charge in [0.1, 0.15) is 5.58 Å². The fourth-order valence-corrected chi connectivity index (χ4v) is 2.41. The van der Waals surface area contributed by atoms with E-state index < -0.39 is 0 Å². The second-order valence-corrected chi connectivity index (χ2v) is 4.71. The lowest BCUT2D eigenvalue weighted by Crippen LogP contribution is -1.92. The molecule has 2 aromatic heterocycles. The van der Waals surface area contributed by atoms with E-state index in [2.05, 4.69) is 16.3 Å². The van der Waals surface area contributed by atoms with E-state index in [1.54, 1.807) is 12.5 Å². The minimum absolute atomic E-state index is 0.645. The quantitative estimate of drug-likeness (QED) is 0.568. The molecule has 0 aliphatic rings. The summed E-state index contributed by atoms with van der Waals surface area (Å²) in [4.78, 5) is 0. The molecule has 0 radical (unpaired) electrons. The van der Waals surface area contributed by atoms with Crippen molar-refractivity contribution < 1.29 is 4.42 Å². The molecule has 0 aliphatic heterocycles. The summed E-state index contributed by atoms with van der Waals surface area (Å²) in [7, 11) is 0. The maximum Gasteiger partial charge on any atom is 0.133 e. The molecular formula is C16H11N3O. The number of aromatic nitrogens is 2. The second-order valence-electron chi connectivity index (χ2n) is 4.71. The van der Waals surface area contributed by atoms with Crippen LogP contribution in [0.25, 0.3) is 33.0 Å². The fraction of sp³-hybridized carbons (Fsp3) is 0. The minimum Gasteiger partial charge on any atom is -0.464 e. The number of nitrogens with two attached hydrogens (primary N) is 1. The van der Waals surface area contributed by atoms with Gasteiger partial charge in [-0.15, -0.1) is 0 Å². The molecule has 0 atom stereocenters. The van der Waals surface area contributed by atoms with Crippen LogP contribution < -0.4 is 5.73 Å². The number of nitrogen functional groups attached to an aromatic ring is 1. The lowest BCUT2D eigenvalue weighted by atomic mass is 10.0. The summed E-state index contributed by atoms with van der Waals surface area (Å²) in [5, 5.41) is 10.0. The summed E-state index contributed by atoms with van der Waals surface area (Å²) in [5.74, 6) is 0. The first-order valence-electron chi connectivity index (χ1n) is 6.30. The van der Waals surface area contributed by atoms with Gasteiger partial charge in [0.15, 0.2) is 0 Å². The summed E-state index contributed by atoms with van der Waals surface area (Å²) in [6.45, 7) is 0. The van der Waals surface area contributed by atoms with E-state index in [0.717, 1.165) is 33.0 Å². The van der Waals surface area contributed by atoms with Gasteiger partial charge in [-0.1, -0.05) is 12.1 Å². The zero-order chi connectivity index (χ0) is 13.5. The fourth-order valence-electron chi connectivity index (χ4n) is 2.41. The highest BCUT2D eigenvalue weighted by atomic mass is 16.3. The Morgan fingerprint density at radius 2 is 1.80 bits per heavy atom. The van der Waals surface area contributed by atoms with Crippen molar-refractivity contribution in [3.8, 4) is 11.1 Å². The van der Waals surface area contributed by atoms with Crippen LogP contribution in [0.5, 0.6) is 0 Å². The van der Waals surface area contributed by atoms with Crippen molar-refractivity contribution in [1.29, 1.82) is 0 Å². The average Bonchev–Trinajstić information content (AvgIpc) is 2.94. The molecule has 96 valence electrons. The minimum atomic E-state index is 0.645. The van der Waals surface area contributed by atoms with Gasteiger partial charge in [0.25, 0.3) is 0 Å². The largest absolute Gasteiger partial charge is 0.464 e. The SMILES string of the molecule is Nc1cnnc2cc(-c3ccc4occc4c3)ccc12. The Morgan fingerprint density at radius 1 is 0.950 bits per heavy atom. The molecule has 20 heavy (non-hydrogen) atoms. The Bertz CT molecular complexity index is 927. The highest BCUT2D eigenvalue weighted by Gasteiger charge is 2.05. The van der Waals surface area contributed by atoms with E-state index >= 15 is 0 Å². The van der Waals surface area contributed by atoms with Crippen molar-refractivity contribution >= 4 is 27.6 Å². The van der Waals surface area contributed by atoms with Crippen LogP contribution in [0.3, 0.4) is 0 Å². The molecule has 4 aromatic rings. The number of furan rings is 1. The Kier molecular flexibility index (Phi) is 2.23. The number of hydrogen-bond acceptors (Lipinski definition) is 4. The van der Waals surface area contributed by atoms with E-state index in [1.165, 1.54) is 0 Å². The van der Waals surface area contributed by atoms with Gasteiger partial charge < -0.3 is 10.2 Å². The predicted octanol–water partition coefficient (Wildman–Crippen LogP) is 3.63. The van der Waals surface area contributed by atoms with Crippen LogP contribution in [0, 0.1) is 0 Å². The summed E-state index contributed by atoms with van der Waals surface area (Å²) < 4.78 is 5.36. The van der Waals surface area contributed by atoms with E-state index in [0.29, 0.717) is 5.69 Å². The number of benzene rings is 2. The third-order valence-electron chi connectivity index (χ3n) is 3.46. The Labute approximate surface area is 114 Å². The van der Waals surface area contributed by atoms with E-state index in [4.69, 9.17) is 10.2 Å². The van der Waals surface area contributed by atoms with Gasteiger partial charge in [0.2, 0.25) is 0 Å². The molecule has 0 amide bonds. The van der Waals surface area contributed by atoms with E-state index in [1.807, 2.05) is 36.4 Å². The highest BCUT2D eigenvalue weighted by molar-refractivity contribution is 5.93. The van der Waals surface area contributed by atoms with Gasteiger partial charge in [0, 0.05) is 10.8 Å². The standard InChI is InChI=1S/C16H11N3O/c17-14-9-18-19-15-8-11(1-3-13(14)15)10-2-4-16-12(7-10)5-6-20-16/h1-9H,(H2,17,19). The molecule has 0 unspecified atom stereocenters. The Morgan fingerprint density at radius 3 is 2.75 bits per heavy atom. The number of anilines is 1. The summed E-state index contributed by atoms with van der Waals surface area (Å²) in [6, 6.07) is 14.1. The van der Waals surface area contributed by atoms with Gasteiger partial charge in [0.05, 0.1) is 23.7 Å². The van der Waals surface area contributed by atoms with Crippen molar-refractivity contribution in [2.75, 3.05) is 5.73 Å². The van der Waals surface area contributed by atoms with Gasteiger partial charge in [-0.3, -0.25) is 0 Å². The third kappa shape index (κ3) is 1.62. The van der Waals surface area contributed by atoms with Crippen molar-refractivity contribution in [2.24, 2.45) is 0 Å². The molecule has 2 heterocycles. The molecule has 0 bridgehead atoms. The van der Waals surface area contributed by atoms with Gasteiger partial charge in [-0.05, 0) is 41.5 Å². The van der Waals surface area contributed by atoms with Crippen LogP contribution in [0.2, 0.25) is 0 Å². The Hall–Kier alpha value is -2.88. The number of hydrogen-bond donors (Lipinski definition) is 1. The van der Waals surface area contributed by atoms with Crippen molar-refractivity contribution in [3.63, 3.8) is 0 Å². The first kappa shape index (κ1) is 11.0. The van der Waals surface area contributed by atoms with Crippen LogP contribution in [0.4, 0.5) is 5.69 Å². The van der Waals surface area contributed by atoms with E-state index in [-0.39, 0.29) is 0 Å². The van der Waals surface area contributed by atoms with Crippen LogP contribution in [-0.4, -0.2) is 10.2 Å². The molecule has 4 nitrogen and oxygen atoms in total. The monoisotopic (exact) mass is 261 g/mol. The lowest BCUT2D eigenvalue weighted by molar-refractivity contribution is 0.616. The topological polar surface area (TPSA) is 64.9 Å². The molecule has 0 saturated carbocycles. The first-order valence-corrected chi connectivity index (χ1v) is 6.30. The molecule has 0 fully saturated rings.